The summed E-state index contributed by atoms with van der Waals surface area (Å²) in [6.07, 6.45) is 13.8. The fourth-order valence-electron chi connectivity index (χ4n) is 5.50. The van der Waals surface area contributed by atoms with Gasteiger partial charge >= 0.3 is 0 Å². The second kappa shape index (κ2) is 13.2. The summed E-state index contributed by atoms with van der Waals surface area (Å²) >= 11 is 5.03. The van der Waals surface area contributed by atoms with E-state index in [2.05, 4.69) is 15.9 Å². The first-order valence-corrected chi connectivity index (χ1v) is 15.7. The molecule has 202 valence electrons. The lowest BCUT2D eigenvalue weighted by Gasteiger charge is -2.31. The zero-order valence-electron chi connectivity index (χ0n) is 22.2. The molecule has 3 aliphatic rings. The van der Waals surface area contributed by atoms with Crippen molar-refractivity contribution < 1.29 is 14.3 Å². The number of carbonyl (C=O) groups is 1. The van der Waals surface area contributed by atoms with Crippen LogP contribution in [-0.2, 0) is 11.4 Å². The molecular weight excluding hydrogens is 560 g/mol. The van der Waals surface area contributed by atoms with Gasteiger partial charge in [-0.15, -0.1) is 0 Å². The van der Waals surface area contributed by atoms with Crippen LogP contribution < -0.4 is 9.47 Å². The molecule has 5 rings (SSSR count). The minimum absolute atomic E-state index is 0.102. The molecule has 5 nitrogen and oxygen atoms in total. The van der Waals surface area contributed by atoms with Crippen molar-refractivity contribution in [3.05, 3.63) is 63.0 Å². The van der Waals surface area contributed by atoms with Crippen LogP contribution in [0, 0.1) is 0 Å². The van der Waals surface area contributed by atoms with E-state index in [1.165, 1.54) is 38.5 Å². The number of hydrogen-bond donors (Lipinski definition) is 0. The van der Waals surface area contributed by atoms with Crippen molar-refractivity contribution in [2.75, 3.05) is 6.61 Å². The molecule has 2 aliphatic carbocycles. The predicted octanol–water partition coefficient (Wildman–Crippen LogP) is 8.36. The molecule has 1 saturated heterocycles. The van der Waals surface area contributed by atoms with Crippen LogP contribution in [0.4, 0.5) is 0 Å². The van der Waals surface area contributed by atoms with Crippen molar-refractivity contribution in [3.8, 4) is 11.5 Å². The smallest absolute Gasteiger partial charge is 0.266 e. The summed E-state index contributed by atoms with van der Waals surface area (Å²) < 4.78 is 13.1. The second-order valence-electron chi connectivity index (χ2n) is 10.3. The van der Waals surface area contributed by atoms with E-state index in [9.17, 15) is 4.79 Å². The number of nitrogens with zero attached hydrogens (tertiary/aromatic N) is 2. The Bertz CT molecular complexity index is 1170. The molecule has 1 heterocycles. The Kier molecular flexibility index (Phi) is 9.49. The van der Waals surface area contributed by atoms with E-state index in [-0.39, 0.29) is 11.9 Å². The summed E-state index contributed by atoms with van der Waals surface area (Å²) in [7, 11) is 0. The first kappa shape index (κ1) is 27.3. The van der Waals surface area contributed by atoms with E-state index in [0.29, 0.717) is 30.8 Å². The van der Waals surface area contributed by atoms with Crippen LogP contribution in [0.15, 0.2) is 56.8 Å². The Morgan fingerprint density at radius 1 is 0.947 bits per heavy atom. The lowest BCUT2D eigenvalue weighted by atomic mass is 9.94. The van der Waals surface area contributed by atoms with Crippen molar-refractivity contribution in [1.29, 1.82) is 0 Å². The zero-order chi connectivity index (χ0) is 26.3. The minimum atomic E-state index is 0.102. The van der Waals surface area contributed by atoms with E-state index in [0.717, 1.165) is 51.4 Å². The van der Waals surface area contributed by atoms with Crippen LogP contribution in [0.5, 0.6) is 11.5 Å². The third-order valence-electron chi connectivity index (χ3n) is 7.52. The molecule has 0 spiro atoms. The van der Waals surface area contributed by atoms with Gasteiger partial charge in [0.2, 0.25) is 0 Å². The molecule has 0 atom stereocenters. The predicted molar refractivity (Wildman–Crippen MR) is 160 cm³/mol. The van der Waals surface area contributed by atoms with Crippen LogP contribution in [0.3, 0.4) is 0 Å². The molecule has 2 aromatic rings. The van der Waals surface area contributed by atoms with Gasteiger partial charge in [-0.3, -0.25) is 14.7 Å². The Morgan fingerprint density at radius 2 is 1.66 bits per heavy atom. The van der Waals surface area contributed by atoms with Gasteiger partial charge in [0, 0.05) is 10.5 Å². The highest BCUT2D eigenvalue weighted by molar-refractivity contribution is 9.10. The van der Waals surface area contributed by atoms with Crippen LogP contribution in [0.25, 0.3) is 6.08 Å². The molecule has 0 unspecified atom stereocenters. The maximum Gasteiger partial charge on any atom is 0.266 e. The molecule has 0 N–H and O–H groups in total. The van der Waals surface area contributed by atoms with Gasteiger partial charge in [-0.05, 0) is 85.8 Å². The average Bonchev–Trinajstić information content (AvgIpc) is 3.24. The molecule has 1 aliphatic heterocycles. The minimum Gasteiger partial charge on any atom is -0.490 e. The van der Waals surface area contributed by atoms with Gasteiger partial charge in [-0.1, -0.05) is 72.7 Å². The number of ether oxygens (including phenoxy) is 2. The molecule has 2 aromatic carbocycles. The van der Waals surface area contributed by atoms with Gasteiger partial charge in [0.15, 0.2) is 16.7 Å². The van der Waals surface area contributed by atoms with Crippen LogP contribution >= 0.6 is 27.7 Å². The first-order chi connectivity index (χ1) is 18.6. The molecule has 7 heteroatoms. The molecule has 3 fully saturated rings. The average molecular weight is 598 g/mol. The molecule has 38 heavy (non-hydrogen) atoms. The monoisotopic (exact) mass is 596 g/mol. The van der Waals surface area contributed by atoms with Gasteiger partial charge in [0.1, 0.15) is 6.61 Å². The first-order valence-electron chi connectivity index (χ1n) is 14.1. The van der Waals surface area contributed by atoms with E-state index >= 15 is 0 Å². The molecule has 0 radical (unpaired) electrons. The highest BCUT2D eigenvalue weighted by atomic mass is 79.9. The number of amides is 1. The highest BCUT2D eigenvalue weighted by Gasteiger charge is 2.39. The fraction of sp³-hybridized carbons (Fsp3) is 0.484. The van der Waals surface area contributed by atoms with Gasteiger partial charge in [-0.2, -0.15) is 0 Å². The second-order valence-corrected chi connectivity index (χ2v) is 12.3. The summed E-state index contributed by atoms with van der Waals surface area (Å²) in [4.78, 5) is 21.6. The van der Waals surface area contributed by atoms with Gasteiger partial charge in [-0.25, -0.2) is 0 Å². The van der Waals surface area contributed by atoms with Crippen molar-refractivity contribution >= 4 is 44.8 Å². The number of amidine groups is 1. The zero-order valence-corrected chi connectivity index (χ0v) is 24.6. The standard InChI is InChI=1S/C31H37BrN2O3S/c1-2-36-28-19-23(15-18-27(28)37-21-22-13-16-24(32)17-14-22)20-29-30(35)34(26-11-7-4-8-12-26)31(38-29)33-25-9-5-3-6-10-25/h13-20,25-26H,2-12,21H2,1H3. The number of aliphatic imine (C=N–C) groups is 1. The third kappa shape index (κ3) is 6.84. The Balaban J connectivity index is 1.37. The largest absolute Gasteiger partial charge is 0.490 e. The summed E-state index contributed by atoms with van der Waals surface area (Å²) in [5, 5.41) is 0.916. The van der Waals surface area contributed by atoms with Crippen LogP contribution in [0.2, 0.25) is 0 Å². The van der Waals surface area contributed by atoms with Crippen LogP contribution in [-0.4, -0.2) is 34.7 Å². The molecule has 1 amide bonds. The normalized spacial score (nSPS) is 21.4. The van der Waals surface area contributed by atoms with Crippen molar-refractivity contribution in [3.63, 3.8) is 0 Å². The summed E-state index contributed by atoms with van der Waals surface area (Å²) in [5.74, 6) is 1.49. The van der Waals surface area contributed by atoms with Crippen molar-refractivity contribution in [2.24, 2.45) is 4.99 Å². The number of benzene rings is 2. The van der Waals surface area contributed by atoms with Gasteiger partial charge < -0.3 is 9.47 Å². The van der Waals surface area contributed by atoms with E-state index in [1.807, 2.05) is 60.4 Å². The van der Waals surface area contributed by atoms with Crippen molar-refractivity contribution in [1.82, 2.24) is 4.90 Å². The fourth-order valence-corrected chi connectivity index (χ4v) is 6.87. The van der Waals surface area contributed by atoms with Gasteiger partial charge in [0.25, 0.3) is 5.91 Å². The molecule has 2 saturated carbocycles. The molecular formula is C31H37BrN2O3S. The number of hydrogen-bond acceptors (Lipinski definition) is 5. The van der Waals surface area contributed by atoms with E-state index in [4.69, 9.17) is 14.5 Å². The number of rotatable bonds is 8. The number of thioether (sulfide) groups is 1. The summed E-state index contributed by atoms with van der Waals surface area (Å²) in [5.41, 5.74) is 2.02. The molecule has 0 aromatic heterocycles. The summed E-state index contributed by atoms with van der Waals surface area (Å²) in [6.45, 7) is 2.96. The van der Waals surface area contributed by atoms with Crippen molar-refractivity contribution in [2.45, 2.75) is 89.8 Å². The van der Waals surface area contributed by atoms with Gasteiger partial charge in [0.05, 0.1) is 17.6 Å². The quantitative estimate of drug-likeness (QED) is 0.287. The maximum atomic E-state index is 13.7. The lowest BCUT2D eigenvalue weighted by molar-refractivity contribution is -0.124. The Hall–Kier alpha value is -2.25. The lowest BCUT2D eigenvalue weighted by Crippen LogP contribution is -2.41. The topological polar surface area (TPSA) is 51.1 Å². The van der Waals surface area contributed by atoms with E-state index in [1.54, 1.807) is 11.8 Å². The molecule has 0 bridgehead atoms. The Labute approximate surface area is 239 Å². The number of carbonyl (C=O) groups excluding carboxylic acids is 1. The highest BCUT2D eigenvalue weighted by Crippen LogP contribution is 2.39. The maximum absolute atomic E-state index is 13.7. The van der Waals surface area contributed by atoms with E-state index < -0.39 is 0 Å². The van der Waals surface area contributed by atoms with Crippen LogP contribution in [0.1, 0.15) is 82.3 Å². The SMILES string of the molecule is CCOc1cc(C=C2SC(=NC3CCCCC3)N(C3CCCCC3)C2=O)ccc1OCc1ccc(Br)cc1. The third-order valence-corrected chi connectivity index (χ3v) is 9.04. The number of halogens is 1. The Morgan fingerprint density at radius 3 is 2.37 bits per heavy atom. The summed E-state index contributed by atoms with van der Waals surface area (Å²) in [6, 6.07) is 14.6.